The Kier molecular flexibility index (Phi) is 3.01. The van der Waals surface area contributed by atoms with Crippen LogP contribution in [0.1, 0.15) is 53.4 Å². The zero-order valence-corrected chi connectivity index (χ0v) is 11.5. The van der Waals surface area contributed by atoms with E-state index in [1.54, 1.807) is 0 Å². The van der Waals surface area contributed by atoms with Crippen LogP contribution in [-0.2, 0) is 4.79 Å². The normalized spacial score (nSPS) is 40.5. The minimum absolute atomic E-state index is 0.199. The first-order chi connectivity index (χ1) is 7.77. The molecule has 2 rings (SSSR count). The van der Waals surface area contributed by atoms with Crippen LogP contribution in [0.15, 0.2) is 0 Å². The summed E-state index contributed by atoms with van der Waals surface area (Å²) in [6.07, 6.45) is 4.38. The summed E-state index contributed by atoms with van der Waals surface area (Å²) in [7, 11) is 0. The number of carbonyl (C=O) groups excluding carboxylic acids is 1. The van der Waals surface area contributed by atoms with Crippen molar-refractivity contribution in [1.29, 1.82) is 0 Å². The van der Waals surface area contributed by atoms with Crippen LogP contribution in [-0.4, -0.2) is 18.0 Å². The highest BCUT2D eigenvalue weighted by Crippen LogP contribution is 2.65. The predicted octanol–water partition coefficient (Wildman–Crippen LogP) is 2.05. The minimum Gasteiger partial charge on any atom is -0.370 e. The maximum absolute atomic E-state index is 10.9. The zero-order valence-electron chi connectivity index (χ0n) is 11.5. The number of nitrogens with two attached hydrogens (primary N) is 1. The van der Waals surface area contributed by atoms with Gasteiger partial charge in [-0.3, -0.25) is 4.79 Å². The molecule has 0 aliphatic heterocycles. The number of fused-ring (bicyclic) bond motifs is 2. The van der Waals surface area contributed by atoms with E-state index in [9.17, 15) is 4.79 Å². The molecule has 4 atom stereocenters. The number of hydrogen-bond acceptors (Lipinski definition) is 2. The summed E-state index contributed by atoms with van der Waals surface area (Å²) in [5.74, 6) is 0.628. The number of carbonyl (C=O) groups is 1. The monoisotopic (exact) mass is 238 g/mol. The molecular formula is C14H26N2O. The molecule has 0 aromatic heterocycles. The Balaban J connectivity index is 2.03. The van der Waals surface area contributed by atoms with E-state index in [0.717, 1.165) is 5.92 Å². The predicted molar refractivity (Wildman–Crippen MR) is 69.4 cm³/mol. The second-order valence-electron chi connectivity index (χ2n) is 6.90. The fraction of sp³-hybridized carbons (Fsp3) is 0.929. The van der Waals surface area contributed by atoms with E-state index in [1.165, 1.54) is 19.3 Å². The van der Waals surface area contributed by atoms with Crippen LogP contribution in [0.3, 0.4) is 0 Å². The van der Waals surface area contributed by atoms with E-state index in [1.807, 2.05) is 0 Å². The van der Waals surface area contributed by atoms with Gasteiger partial charge in [0.05, 0.1) is 0 Å². The largest absolute Gasteiger partial charge is 0.370 e. The molecule has 2 aliphatic rings. The van der Waals surface area contributed by atoms with E-state index >= 15 is 0 Å². The van der Waals surface area contributed by atoms with Crippen LogP contribution in [0.2, 0.25) is 0 Å². The molecule has 3 heteroatoms. The highest BCUT2D eigenvalue weighted by atomic mass is 16.1. The molecule has 2 saturated carbocycles. The summed E-state index contributed by atoms with van der Waals surface area (Å²) >= 11 is 0. The second kappa shape index (κ2) is 3.98. The summed E-state index contributed by atoms with van der Waals surface area (Å²) in [6.45, 7) is 9.29. The second-order valence-corrected chi connectivity index (χ2v) is 6.90. The highest BCUT2D eigenvalue weighted by Gasteiger charge is 2.61. The number of nitrogens with one attached hydrogen (secondary N) is 1. The summed E-state index contributed by atoms with van der Waals surface area (Å²) in [5, 5.41) is 3.64. The van der Waals surface area contributed by atoms with Gasteiger partial charge in [-0.25, -0.2) is 0 Å². The van der Waals surface area contributed by atoms with Gasteiger partial charge in [0, 0.05) is 18.5 Å². The van der Waals surface area contributed by atoms with Crippen molar-refractivity contribution in [2.45, 2.75) is 65.5 Å². The summed E-state index contributed by atoms with van der Waals surface area (Å²) in [5.41, 5.74) is 6.06. The molecule has 3 N–H and O–H groups in total. The molecule has 2 aliphatic carbocycles. The van der Waals surface area contributed by atoms with Crippen molar-refractivity contribution in [2.24, 2.45) is 22.5 Å². The van der Waals surface area contributed by atoms with Crippen molar-refractivity contribution < 1.29 is 4.79 Å². The van der Waals surface area contributed by atoms with Crippen molar-refractivity contribution in [2.75, 3.05) is 0 Å². The molecule has 4 unspecified atom stereocenters. The first kappa shape index (κ1) is 12.9. The minimum atomic E-state index is -0.211. The van der Waals surface area contributed by atoms with Gasteiger partial charge in [0.15, 0.2) is 0 Å². The van der Waals surface area contributed by atoms with Crippen LogP contribution in [0.25, 0.3) is 0 Å². The van der Waals surface area contributed by atoms with E-state index in [2.05, 4.69) is 33.0 Å². The number of rotatable bonds is 4. The fourth-order valence-electron chi connectivity index (χ4n) is 4.16. The molecule has 1 amide bonds. The van der Waals surface area contributed by atoms with Crippen LogP contribution < -0.4 is 11.1 Å². The molecule has 0 spiro atoms. The summed E-state index contributed by atoms with van der Waals surface area (Å²) < 4.78 is 0. The van der Waals surface area contributed by atoms with Crippen molar-refractivity contribution >= 4 is 5.91 Å². The van der Waals surface area contributed by atoms with Gasteiger partial charge in [0.25, 0.3) is 0 Å². The number of amides is 1. The smallest absolute Gasteiger partial charge is 0.218 e. The topological polar surface area (TPSA) is 55.1 Å². The Labute approximate surface area is 105 Å². The van der Waals surface area contributed by atoms with E-state index in [4.69, 9.17) is 5.73 Å². The Morgan fingerprint density at radius 1 is 1.47 bits per heavy atom. The van der Waals surface area contributed by atoms with Crippen molar-refractivity contribution in [3.63, 3.8) is 0 Å². The van der Waals surface area contributed by atoms with Gasteiger partial charge in [0.1, 0.15) is 0 Å². The van der Waals surface area contributed by atoms with Gasteiger partial charge in [-0.15, -0.1) is 0 Å². The summed E-state index contributed by atoms with van der Waals surface area (Å²) in [4.78, 5) is 10.9. The first-order valence-corrected chi connectivity index (χ1v) is 6.81. The maximum atomic E-state index is 10.9. The van der Waals surface area contributed by atoms with Crippen molar-refractivity contribution in [3.8, 4) is 0 Å². The van der Waals surface area contributed by atoms with Gasteiger partial charge in [-0.1, -0.05) is 20.8 Å². The van der Waals surface area contributed by atoms with Gasteiger partial charge >= 0.3 is 0 Å². The lowest BCUT2D eigenvalue weighted by molar-refractivity contribution is -0.118. The first-order valence-electron chi connectivity index (χ1n) is 6.81. The van der Waals surface area contributed by atoms with Crippen LogP contribution >= 0.6 is 0 Å². The lowest BCUT2D eigenvalue weighted by Crippen LogP contribution is -2.48. The maximum Gasteiger partial charge on any atom is 0.218 e. The Hall–Kier alpha value is -0.570. The zero-order chi connectivity index (χ0) is 12.8. The highest BCUT2D eigenvalue weighted by molar-refractivity contribution is 5.74. The SMILES string of the molecule is CC(CC(N)=O)NC1CC2CCC1(C)C2(C)C. The standard InChI is InChI=1S/C14H26N2O/c1-9(7-12(15)17)16-11-8-10-5-6-14(11,4)13(10,2)3/h9-11,16H,5-8H2,1-4H3,(H2,15,17). The van der Waals surface area contributed by atoms with Crippen LogP contribution in [0.5, 0.6) is 0 Å². The molecule has 2 fully saturated rings. The van der Waals surface area contributed by atoms with Crippen LogP contribution in [0.4, 0.5) is 0 Å². The Bertz CT molecular complexity index is 326. The van der Waals surface area contributed by atoms with E-state index < -0.39 is 0 Å². The number of primary amides is 1. The lowest BCUT2D eigenvalue weighted by Gasteiger charge is -2.40. The van der Waals surface area contributed by atoms with Crippen LogP contribution in [0, 0.1) is 16.7 Å². The quantitative estimate of drug-likeness (QED) is 0.787. The molecule has 0 aromatic carbocycles. The average Bonchev–Trinajstić information content (AvgIpc) is 2.49. The molecule has 2 bridgehead atoms. The van der Waals surface area contributed by atoms with Crippen molar-refractivity contribution in [3.05, 3.63) is 0 Å². The van der Waals surface area contributed by atoms with Gasteiger partial charge in [-0.2, -0.15) is 0 Å². The Morgan fingerprint density at radius 2 is 2.12 bits per heavy atom. The van der Waals surface area contributed by atoms with Gasteiger partial charge in [0.2, 0.25) is 5.91 Å². The third-order valence-electron chi connectivity index (χ3n) is 5.79. The molecule has 0 radical (unpaired) electrons. The van der Waals surface area contributed by atoms with Gasteiger partial charge < -0.3 is 11.1 Å². The third kappa shape index (κ3) is 1.88. The molecule has 0 saturated heterocycles. The van der Waals surface area contributed by atoms with E-state index in [0.29, 0.717) is 23.3 Å². The number of hydrogen-bond donors (Lipinski definition) is 2. The average molecular weight is 238 g/mol. The van der Waals surface area contributed by atoms with Crippen molar-refractivity contribution in [1.82, 2.24) is 5.32 Å². The Morgan fingerprint density at radius 3 is 2.53 bits per heavy atom. The summed E-state index contributed by atoms with van der Waals surface area (Å²) in [6, 6.07) is 0.745. The van der Waals surface area contributed by atoms with E-state index in [-0.39, 0.29) is 11.9 Å². The molecule has 3 nitrogen and oxygen atoms in total. The molecule has 98 valence electrons. The molecule has 0 aromatic rings. The lowest BCUT2D eigenvalue weighted by atomic mass is 9.69. The molecular weight excluding hydrogens is 212 g/mol. The third-order valence-corrected chi connectivity index (χ3v) is 5.79. The molecule has 17 heavy (non-hydrogen) atoms. The fourth-order valence-corrected chi connectivity index (χ4v) is 4.16. The van der Waals surface area contributed by atoms with Gasteiger partial charge in [-0.05, 0) is 42.9 Å². The molecule has 0 heterocycles.